The molecule has 2 aromatic heterocycles. The average Bonchev–Trinajstić information content (AvgIpc) is 3.06. The summed E-state index contributed by atoms with van der Waals surface area (Å²) in [5, 5.41) is 4.42. The summed E-state index contributed by atoms with van der Waals surface area (Å²) in [4.78, 5) is 11.2. The predicted molar refractivity (Wildman–Crippen MR) is 82.4 cm³/mol. The summed E-state index contributed by atoms with van der Waals surface area (Å²) in [6.07, 6.45) is 4.06. The van der Waals surface area contributed by atoms with Crippen molar-refractivity contribution in [2.24, 2.45) is 0 Å². The van der Waals surface area contributed by atoms with E-state index in [-0.39, 0.29) is 6.10 Å². The summed E-state index contributed by atoms with van der Waals surface area (Å²) >= 11 is 0. The molecular weight excluding hydrogens is 280 g/mol. The second-order valence-electron chi connectivity index (χ2n) is 5.75. The summed E-state index contributed by atoms with van der Waals surface area (Å²) < 4.78 is 10.0. The fraction of sp³-hybridized carbons (Fsp3) is 0.667. The van der Waals surface area contributed by atoms with E-state index >= 15 is 0 Å². The first-order valence-corrected chi connectivity index (χ1v) is 7.87. The van der Waals surface area contributed by atoms with Crippen LogP contribution in [0.15, 0.2) is 12.4 Å². The van der Waals surface area contributed by atoms with Gasteiger partial charge in [0.05, 0.1) is 25.8 Å². The lowest BCUT2D eigenvalue weighted by atomic mass is 10.2. The predicted octanol–water partition coefficient (Wildman–Crippen LogP) is 1.01. The van der Waals surface area contributed by atoms with Gasteiger partial charge in [-0.05, 0) is 20.8 Å². The highest BCUT2D eigenvalue weighted by molar-refractivity contribution is 4.93. The van der Waals surface area contributed by atoms with Gasteiger partial charge in [-0.2, -0.15) is 5.10 Å². The lowest BCUT2D eigenvalue weighted by Gasteiger charge is -2.32. The van der Waals surface area contributed by atoms with Crippen molar-refractivity contribution in [3.05, 3.63) is 29.9 Å². The quantitative estimate of drug-likeness (QED) is 0.825. The van der Waals surface area contributed by atoms with Gasteiger partial charge in [0, 0.05) is 32.0 Å². The van der Waals surface area contributed by atoms with Gasteiger partial charge in [-0.1, -0.05) is 0 Å². The van der Waals surface area contributed by atoms with Gasteiger partial charge < -0.3 is 9.30 Å². The number of aryl methyl sites for hydroxylation is 3. The molecule has 120 valence electrons. The van der Waals surface area contributed by atoms with Gasteiger partial charge in [0.15, 0.2) is 0 Å². The van der Waals surface area contributed by atoms with Gasteiger partial charge in [-0.15, -0.1) is 0 Å². The highest BCUT2D eigenvalue weighted by atomic mass is 16.5. The smallest absolute Gasteiger partial charge is 0.147 e. The molecule has 1 saturated heterocycles. The third-order valence-electron chi connectivity index (χ3n) is 4.07. The molecule has 0 aliphatic carbocycles. The molecule has 0 amide bonds. The Labute approximate surface area is 130 Å². The van der Waals surface area contributed by atoms with E-state index in [1.165, 1.54) is 0 Å². The van der Waals surface area contributed by atoms with Crippen LogP contribution < -0.4 is 0 Å². The minimum absolute atomic E-state index is 0.151. The van der Waals surface area contributed by atoms with Crippen LogP contribution in [-0.2, 0) is 24.4 Å². The third kappa shape index (κ3) is 3.36. The third-order valence-corrected chi connectivity index (χ3v) is 4.07. The molecule has 1 atom stereocenters. The minimum Gasteiger partial charge on any atom is -0.374 e. The Morgan fingerprint density at radius 1 is 1.36 bits per heavy atom. The van der Waals surface area contributed by atoms with Crippen LogP contribution in [0.4, 0.5) is 0 Å². The van der Waals surface area contributed by atoms with Crippen molar-refractivity contribution >= 4 is 0 Å². The summed E-state index contributed by atoms with van der Waals surface area (Å²) in [5.41, 5.74) is 0. The fourth-order valence-corrected chi connectivity index (χ4v) is 2.94. The Morgan fingerprint density at radius 3 is 2.95 bits per heavy atom. The summed E-state index contributed by atoms with van der Waals surface area (Å²) in [7, 11) is 0. The van der Waals surface area contributed by atoms with E-state index in [0.29, 0.717) is 0 Å². The van der Waals surface area contributed by atoms with Crippen LogP contribution in [-0.4, -0.2) is 55.0 Å². The number of morpholine rings is 1. The molecule has 1 aliphatic heterocycles. The number of hydrogen-bond acceptors (Lipinski definition) is 5. The first kappa shape index (κ1) is 15.2. The number of hydrogen-bond donors (Lipinski definition) is 0. The average molecular weight is 304 g/mol. The van der Waals surface area contributed by atoms with E-state index in [1.54, 1.807) is 0 Å². The van der Waals surface area contributed by atoms with Crippen LogP contribution in [0.25, 0.3) is 0 Å². The molecule has 3 heterocycles. The van der Waals surface area contributed by atoms with Crippen molar-refractivity contribution in [1.82, 2.24) is 29.2 Å². The number of nitrogens with zero attached hydrogens (tertiary/aromatic N) is 6. The zero-order chi connectivity index (χ0) is 15.5. The second kappa shape index (κ2) is 6.58. The molecule has 0 radical (unpaired) electrons. The normalized spacial score (nSPS) is 19.7. The van der Waals surface area contributed by atoms with Gasteiger partial charge in [0.2, 0.25) is 0 Å². The summed E-state index contributed by atoms with van der Waals surface area (Å²) in [6, 6.07) is 0. The van der Waals surface area contributed by atoms with Crippen LogP contribution in [0.3, 0.4) is 0 Å². The number of aromatic nitrogens is 5. The topological polar surface area (TPSA) is 61.0 Å². The maximum Gasteiger partial charge on any atom is 0.147 e. The van der Waals surface area contributed by atoms with E-state index in [2.05, 4.69) is 31.5 Å². The molecule has 1 aliphatic rings. The van der Waals surface area contributed by atoms with Crippen molar-refractivity contribution in [3.63, 3.8) is 0 Å². The summed E-state index contributed by atoms with van der Waals surface area (Å²) in [6.45, 7) is 11.2. The minimum atomic E-state index is 0.151. The highest BCUT2D eigenvalue weighted by Crippen LogP contribution is 2.12. The molecule has 2 aromatic rings. The number of rotatable bonds is 5. The Kier molecular flexibility index (Phi) is 4.54. The molecule has 1 fully saturated rings. The zero-order valence-corrected chi connectivity index (χ0v) is 13.6. The van der Waals surface area contributed by atoms with Crippen LogP contribution >= 0.6 is 0 Å². The molecule has 3 rings (SSSR count). The molecular formula is C15H24N6O. The van der Waals surface area contributed by atoms with Crippen molar-refractivity contribution in [2.45, 2.75) is 46.5 Å². The van der Waals surface area contributed by atoms with Crippen molar-refractivity contribution < 1.29 is 4.74 Å². The molecule has 0 unspecified atom stereocenters. The van der Waals surface area contributed by atoms with Gasteiger partial charge in [-0.25, -0.2) is 14.6 Å². The molecule has 0 N–H and O–H groups in total. The monoisotopic (exact) mass is 304 g/mol. The van der Waals surface area contributed by atoms with E-state index in [0.717, 1.165) is 56.8 Å². The van der Waals surface area contributed by atoms with E-state index in [1.807, 2.05) is 30.9 Å². The number of imidazole rings is 1. The molecule has 0 spiro atoms. The molecule has 0 aromatic carbocycles. The van der Waals surface area contributed by atoms with Crippen molar-refractivity contribution in [3.8, 4) is 0 Å². The van der Waals surface area contributed by atoms with E-state index in [9.17, 15) is 0 Å². The fourth-order valence-electron chi connectivity index (χ4n) is 2.94. The lowest BCUT2D eigenvalue weighted by molar-refractivity contribution is -0.0414. The van der Waals surface area contributed by atoms with Crippen molar-refractivity contribution in [1.29, 1.82) is 0 Å². The van der Waals surface area contributed by atoms with Gasteiger partial charge in [-0.3, -0.25) is 4.90 Å². The first-order chi connectivity index (χ1) is 10.7. The summed E-state index contributed by atoms with van der Waals surface area (Å²) in [5.74, 6) is 2.88. The Balaban J connectivity index is 1.60. The van der Waals surface area contributed by atoms with E-state index in [4.69, 9.17) is 4.74 Å². The van der Waals surface area contributed by atoms with Gasteiger partial charge in [0.25, 0.3) is 0 Å². The van der Waals surface area contributed by atoms with Crippen LogP contribution in [0.1, 0.15) is 24.4 Å². The second-order valence-corrected chi connectivity index (χ2v) is 5.75. The molecule has 7 nitrogen and oxygen atoms in total. The zero-order valence-electron chi connectivity index (χ0n) is 13.6. The Bertz CT molecular complexity index is 619. The SMILES string of the molecule is CCn1ccnc1CN1CCO[C@H](Cn2nc(C)nc2C)C1. The van der Waals surface area contributed by atoms with Crippen LogP contribution in [0.2, 0.25) is 0 Å². The van der Waals surface area contributed by atoms with Gasteiger partial charge >= 0.3 is 0 Å². The molecule has 22 heavy (non-hydrogen) atoms. The van der Waals surface area contributed by atoms with Gasteiger partial charge in [0.1, 0.15) is 17.5 Å². The van der Waals surface area contributed by atoms with E-state index < -0.39 is 0 Å². The molecule has 7 heteroatoms. The maximum atomic E-state index is 5.89. The van der Waals surface area contributed by atoms with Crippen LogP contribution in [0, 0.1) is 13.8 Å². The molecule has 0 saturated carbocycles. The lowest BCUT2D eigenvalue weighted by Crippen LogP contribution is -2.44. The Morgan fingerprint density at radius 2 is 2.23 bits per heavy atom. The largest absolute Gasteiger partial charge is 0.374 e. The maximum absolute atomic E-state index is 5.89. The van der Waals surface area contributed by atoms with Crippen LogP contribution in [0.5, 0.6) is 0 Å². The Hall–Kier alpha value is -1.73. The standard InChI is InChI=1S/C15H24N6O/c1-4-20-6-5-16-15(20)11-19-7-8-22-14(9-19)10-21-13(3)17-12(2)18-21/h5-6,14H,4,7-11H2,1-3H3/t14-/m0/s1. The molecule has 0 bridgehead atoms. The van der Waals surface area contributed by atoms with Crippen molar-refractivity contribution in [2.75, 3.05) is 19.7 Å². The first-order valence-electron chi connectivity index (χ1n) is 7.87. The number of ether oxygens (including phenoxy) is 1. The highest BCUT2D eigenvalue weighted by Gasteiger charge is 2.23.